The molecule has 1 aliphatic heterocycles. The molecule has 1 unspecified atom stereocenters. The summed E-state index contributed by atoms with van der Waals surface area (Å²) >= 11 is 0. The zero-order valence-corrected chi connectivity index (χ0v) is 13.0. The molecular formula is C17H25NO3. The van der Waals surface area contributed by atoms with E-state index in [4.69, 9.17) is 9.47 Å². The number of rotatable bonds is 7. The average molecular weight is 291 g/mol. The quantitative estimate of drug-likeness (QED) is 0.724. The van der Waals surface area contributed by atoms with E-state index in [1.165, 1.54) is 12.8 Å². The second kappa shape index (κ2) is 8.15. The lowest BCUT2D eigenvalue weighted by Crippen LogP contribution is -2.33. The summed E-state index contributed by atoms with van der Waals surface area (Å²) in [6.45, 7) is 5.83. The Bertz CT molecular complexity index is 455. The zero-order valence-electron chi connectivity index (χ0n) is 13.0. The SMILES string of the molecule is CC(=O)c1ccccc1OCCN(C)CC1CCCOC1. The number of carbonyl (C=O) groups is 1. The minimum absolute atomic E-state index is 0.0401. The van der Waals surface area contributed by atoms with Gasteiger partial charge in [-0.2, -0.15) is 0 Å². The molecule has 2 rings (SSSR count). The molecule has 1 atom stereocenters. The number of ether oxygens (including phenoxy) is 2. The van der Waals surface area contributed by atoms with Gasteiger partial charge < -0.3 is 14.4 Å². The molecule has 1 heterocycles. The lowest BCUT2D eigenvalue weighted by atomic mass is 10.0. The molecule has 0 saturated carbocycles. The standard InChI is InChI=1S/C17H25NO3/c1-14(19)16-7-3-4-8-17(16)21-11-9-18(2)12-15-6-5-10-20-13-15/h3-4,7-8,15H,5-6,9-13H2,1-2H3. The molecule has 1 saturated heterocycles. The van der Waals surface area contributed by atoms with Crippen molar-refractivity contribution in [1.29, 1.82) is 0 Å². The summed E-state index contributed by atoms with van der Waals surface area (Å²) in [6, 6.07) is 7.41. The number of benzene rings is 1. The third kappa shape index (κ3) is 5.14. The van der Waals surface area contributed by atoms with Crippen LogP contribution in [0.1, 0.15) is 30.1 Å². The number of likely N-dealkylation sites (N-methyl/N-ethyl adjacent to an activating group) is 1. The molecule has 0 aliphatic carbocycles. The van der Waals surface area contributed by atoms with Crippen molar-refractivity contribution in [2.45, 2.75) is 19.8 Å². The van der Waals surface area contributed by atoms with E-state index in [0.717, 1.165) is 26.3 Å². The van der Waals surface area contributed by atoms with Crippen LogP contribution in [0, 0.1) is 5.92 Å². The first-order chi connectivity index (χ1) is 10.2. The van der Waals surface area contributed by atoms with E-state index in [9.17, 15) is 4.79 Å². The molecule has 0 spiro atoms. The first kappa shape index (κ1) is 16.0. The van der Waals surface area contributed by atoms with E-state index < -0.39 is 0 Å². The van der Waals surface area contributed by atoms with Crippen molar-refractivity contribution < 1.29 is 14.3 Å². The highest BCUT2D eigenvalue weighted by molar-refractivity contribution is 5.96. The fraction of sp³-hybridized carbons (Fsp3) is 0.588. The van der Waals surface area contributed by atoms with Crippen LogP contribution in [0.15, 0.2) is 24.3 Å². The van der Waals surface area contributed by atoms with E-state index in [0.29, 0.717) is 23.8 Å². The van der Waals surface area contributed by atoms with Gasteiger partial charge >= 0.3 is 0 Å². The van der Waals surface area contributed by atoms with Gasteiger partial charge in [0.15, 0.2) is 5.78 Å². The molecule has 21 heavy (non-hydrogen) atoms. The number of Topliss-reactive ketones (excluding diaryl/α,β-unsaturated/α-hetero) is 1. The third-order valence-corrected chi connectivity index (χ3v) is 3.82. The predicted octanol–water partition coefficient (Wildman–Crippen LogP) is 2.63. The lowest BCUT2D eigenvalue weighted by molar-refractivity contribution is 0.0405. The summed E-state index contributed by atoms with van der Waals surface area (Å²) in [7, 11) is 2.11. The monoisotopic (exact) mass is 291 g/mol. The maximum atomic E-state index is 11.5. The third-order valence-electron chi connectivity index (χ3n) is 3.82. The molecule has 1 aliphatic rings. The number of para-hydroxylation sites is 1. The molecule has 116 valence electrons. The predicted molar refractivity (Wildman–Crippen MR) is 83.0 cm³/mol. The van der Waals surface area contributed by atoms with Crippen LogP contribution in [0.25, 0.3) is 0 Å². The molecule has 4 heteroatoms. The fourth-order valence-electron chi connectivity index (χ4n) is 2.68. The van der Waals surface area contributed by atoms with Gasteiger partial charge in [-0.05, 0) is 44.9 Å². The second-order valence-corrected chi connectivity index (χ2v) is 5.75. The molecule has 0 N–H and O–H groups in total. The topological polar surface area (TPSA) is 38.8 Å². The number of hydrogen-bond acceptors (Lipinski definition) is 4. The minimum atomic E-state index is 0.0401. The second-order valence-electron chi connectivity index (χ2n) is 5.75. The van der Waals surface area contributed by atoms with Gasteiger partial charge in [0.1, 0.15) is 12.4 Å². The van der Waals surface area contributed by atoms with Gasteiger partial charge in [0.2, 0.25) is 0 Å². The summed E-state index contributed by atoms with van der Waals surface area (Å²) in [6.07, 6.45) is 2.42. The van der Waals surface area contributed by atoms with Crippen LogP contribution in [-0.4, -0.2) is 50.6 Å². The lowest BCUT2D eigenvalue weighted by Gasteiger charge is -2.27. The Balaban J connectivity index is 1.74. The van der Waals surface area contributed by atoms with Crippen LogP contribution in [0.2, 0.25) is 0 Å². The summed E-state index contributed by atoms with van der Waals surface area (Å²) in [5, 5.41) is 0. The number of hydrogen-bond donors (Lipinski definition) is 0. The van der Waals surface area contributed by atoms with Gasteiger partial charge in [-0.3, -0.25) is 4.79 Å². The van der Waals surface area contributed by atoms with Crippen molar-refractivity contribution >= 4 is 5.78 Å². The average Bonchev–Trinajstić information content (AvgIpc) is 2.48. The Morgan fingerprint density at radius 3 is 2.95 bits per heavy atom. The highest BCUT2D eigenvalue weighted by Gasteiger charge is 2.16. The smallest absolute Gasteiger partial charge is 0.163 e. The largest absolute Gasteiger partial charge is 0.491 e. The van der Waals surface area contributed by atoms with Crippen LogP contribution in [0.5, 0.6) is 5.75 Å². The van der Waals surface area contributed by atoms with Crippen LogP contribution >= 0.6 is 0 Å². The van der Waals surface area contributed by atoms with Crippen molar-refractivity contribution in [2.75, 3.05) is 40.0 Å². The highest BCUT2D eigenvalue weighted by atomic mass is 16.5. The van der Waals surface area contributed by atoms with E-state index >= 15 is 0 Å². The van der Waals surface area contributed by atoms with E-state index in [1.54, 1.807) is 13.0 Å². The van der Waals surface area contributed by atoms with Gasteiger partial charge in [-0.25, -0.2) is 0 Å². The van der Waals surface area contributed by atoms with Crippen molar-refractivity contribution in [3.05, 3.63) is 29.8 Å². The van der Waals surface area contributed by atoms with Gasteiger partial charge in [-0.15, -0.1) is 0 Å². The van der Waals surface area contributed by atoms with Crippen molar-refractivity contribution in [3.63, 3.8) is 0 Å². The molecule has 1 aromatic rings. The Morgan fingerprint density at radius 1 is 1.43 bits per heavy atom. The zero-order chi connectivity index (χ0) is 15.1. The van der Waals surface area contributed by atoms with Gasteiger partial charge in [0, 0.05) is 19.7 Å². The van der Waals surface area contributed by atoms with Crippen LogP contribution in [-0.2, 0) is 4.74 Å². The first-order valence-electron chi connectivity index (χ1n) is 7.66. The summed E-state index contributed by atoms with van der Waals surface area (Å²) < 4.78 is 11.3. The molecule has 4 nitrogen and oxygen atoms in total. The highest BCUT2D eigenvalue weighted by Crippen LogP contribution is 2.18. The Morgan fingerprint density at radius 2 is 2.24 bits per heavy atom. The van der Waals surface area contributed by atoms with Crippen LogP contribution in [0.4, 0.5) is 0 Å². The van der Waals surface area contributed by atoms with Gasteiger partial charge in [-0.1, -0.05) is 12.1 Å². The van der Waals surface area contributed by atoms with E-state index in [1.807, 2.05) is 18.2 Å². The molecule has 1 fully saturated rings. The maximum Gasteiger partial charge on any atom is 0.163 e. The van der Waals surface area contributed by atoms with E-state index in [-0.39, 0.29) is 5.78 Å². The number of ketones is 1. The number of carbonyl (C=O) groups excluding carboxylic acids is 1. The summed E-state index contributed by atoms with van der Waals surface area (Å²) in [5.74, 6) is 1.35. The van der Waals surface area contributed by atoms with Gasteiger partial charge in [0.05, 0.1) is 12.2 Å². The van der Waals surface area contributed by atoms with E-state index in [2.05, 4.69) is 11.9 Å². The molecule has 0 radical (unpaired) electrons. The summed E-state index contributed by atoms with van der Waals surface area (Å²) in [4.78, 5) is 13.8. The summed E-state index contributed by atoms with van der Waals surface area (Å²) in [5.41, 5.74) is 0.654. The molecule has 0 aromatic heterocycles. The molecule has 1 aromatic carbocycles. The first-order valence-corrected chi connectivity index (χ1v) is 7.66. The fourth-order valence-corrected chi connectivity index (χ4v) is 2.68. The maximum absolute atomic E-state index is 11.5. The normalized spacial score (nSPS) is 18.7. The molecule has 0 bridgehead atoms. The van der Waals surface area contributed by atoms with Crippen molar-refractivity contribution in [2.24, 2.45) is 5.92 Å². The van der Waals surface area contributed by atoms with Gasteiger partial charge in [0.25, 0.3) is 0 Å². The van der Waals surface area contributed by atoms with Crippen LogP contribution in [0.3, 0.4) is 0 Å². The molecule has 0 amide bonds. The van der Waals surface area contributed by atoms with Crippen LogP contribution < -0.4 is 4.74 Å². The Labute approximate surface area is 127 Å². The minimum Gasteiger partial charge on any atom is -0.491 e. The Kier molecular flexibility index (Phi) is 6.21. The Hall–Kier alpha value is -1.39. The van der Waals surface area contributed by atoms with Crippen molar-refractivity contribution in [1.82, 2.24) is 4.90 Å². The van der Waals surface area contributed by atoms with Crippen molar-refractivity contribution in [3.8, 4) is 5.75 Å². The number of nitrogens with zero attached hydrogens (tertiary/aromatic N) is 1. The molecular weight excluding hydrogens is 266 g/mol.